The summed E-state index contributed by atoms with van der Waals surface area (Å²) in [5, 5.41) is 6.27. The zero-order valence-corrected chi connectivity index (χ0v) is 11.9. The van der Waals surface area contributed by atoms with Crippen molar-refractivity contribution < 1.29 is 18.0 Å². The van der Waals surface area contributed by atoms with Crippen molar-refractivity contribution in [2.24, 2.45) is 0 Å². The Labute approximate surface area is 121 Å². The van der Waals surface area contributed by atoms with Crippen LogP contribution in [-0.2, 0) is 0 Å². The van der Waals surface area contributed by atoms with Gasteiger partial charge in [-0.1, -0.05) is 0 Å². The molecule has 1 amide bonds. The van der Waals surface area contributed by atoms with Gasteiger partial charge in [0.15, 0.2) is 0 Å². The third-order valence-electron chi connectivity index (χ3n) is 3.26. The van der Waals surface area contributed by atoms with Gasteiger partial charge in [-0.2, -0.15) is 13.2 Å². The zero-order chi connectivity index (χ0) is 15.6. The molecule has 0 fully saturated rings. The normalized spacial score (nSPS) is 14.2. The molecule has 0 saturated carbocycles. The first-order valence-corrected chi connectivity index (χ1v) is 6.77. The van der Waals surface area contributed by atoms with Gasteiger partial charge >= 0.3 is 6.18 Å². The third kappa shape index (κ3) is 3.80. The number of halogens is 3. The molecule has 1 aromatic carbocycles. The number of rotatable bonds is 3. The molecule has 0 aliphatic carbocycles. The number of anilines is 2. The molecule has 0 unspecified atom stereocenters. The Morgan fingerprint density at radius 2 is 1.86 bits per heavy atom. The molecule has 0 spiro atoms. The summed E-state index contributed by atoms with van der Waals surface area (Å²) >= 11 is 0. The van der Waals surface area contributed by atoms with E-state index in [2.05, 4.69) is 10.6 Å². The summed E-state index contributed by atoms with van der Waals surface area (Å²) in [4.78, 5) is 13.2. The third-order valence-corrected chi connectivity index (χ3v) is 3.26. The van der Waals surface area contributed by atoms with Gasteiger partial charge in [-0.05, 0) is 32.0 Å². The number of fused-ring (bicyclic) bond motifs is 1. The van der Waals surface area contributed by atoms with E-state index < -0.39 is 24.7 Å². The minimum absolute atomic E-state index is 0.253. The Balaban J connectivity index is 2.24. The second kappa shape index (κ2) is 5.83. The molecule has 116 valence electrons. The topological polar surface area (TPSA) is 44.4 Å². The van der Waals surface area contributed by atoms with Crippen molar-refractivity contribution in [1.29, 1.82) is 0 Å². The maximum absolute atomic E-state index is 12.6. The molecule has 4 nitrogen and oxygen atoms in total. The number of amides is 1. The number of alkyl halides is 3. The van der Waals surface area contributed by atoms with Crippen molar-refractivity contribution in [3.05, 3.63) is 23.8 Å². The van der Waals surface area contributed by atoms with E-state index >= 15 is 0 Å². The van der Waals surface area contributed by atoms with Gasteiger partial charge in [0, 0.05) is 24.7 Å². The van der Waals surface area contributed by atoms with Crippen LogP contribution in [0.3, 0.4) is 0 Å². The predicted molar refractivity (Wildman–Crippen MR) is 75.6 cm³/mol. The molecule has 7 heteroatoms. The van der Waals surface area contributed by atoms with Crippen LogP contribution in [0.5, 0.6) is 0 Å². The van der Waals surface area contributed by atoms with Crippen LogP contribution >= 0.6 is 0 Å². The number of hydrogen-bond acceptors (Lipinski definition) is 3. The SMILES string of the molecule is CC(C)N(CC(F)(F)F)C(=O)c1ccc2c(c1)NCCN2. The molecular formula is C14H18F3N3O. The van der Waals surface area contributed by atoms with Crippen LogP contribution in [0.1, 0.15) is 24.2 Å². The second-order valence-corrected chi connectivity index (χ2v) is 5.26. The minimum Gasteiger partial charge on any atom is -0.382 e. The van der Waals surface area contributed by atoms with E-state index in [0.29, 0.717) is 6.54 Å². The minimum atomic E-state index is -4.41. The van der Waals surface area contributed by atoms with Crippen molar-refractivity contribution in [2.75, 3.05) is 30.3 Å². The fourth-order valence-electron chi connectivity index (χ4n) is 2.22. The number of benzene rings is 1. The standard InChI is InChI=1S/C14H18F3N3O/c1-9(2)20(8-14(15,16)17)13(21)10-3-4-11-12(7-10)19-6-5-18-11/h3-4,7,9,18-19H,5-6,8H2,1-2H3. The molecule has 1 heterocycles. The maximum Gasteiger partial charge on any atom is 0.406 e. The molecule has 1 aliphatic rings. The van der Waals surface area contributed by atoms with Crippen molar-refractivity contribution in [1.82, 2.24) is 4.90 Å². The zero-order valence-electron chi connectivity index (χ0n) is 11.9. The Hall–Kier alpha value is -1.92. The van der Waals surface area contributed by atoms with Crippen LogP contribution in [-0.4, -0.2) is 42.7 Å². The average Bonchev–Trinajstić information content (AvgIpc) is 2.42. The second-order valence-electron chi connectivity index (χ2n) is 5.26. The highest BCUT2D eigenvalue weighted by Gasteiger charge is 2.34. The van der Waals surface area contributed by atoms with Gasteiger partial charge in [0.25, 0.3) is 5.91 Å². The van der Waals surface area contributed by atoms with Crippen molar-refractivity contribution in [3.8, 4) is 0 Å². The van der Waals surface area contributed by atoms with E-state index in [1.165, 1.54) is 0 Å². The first-order valence-electron chi connectivity index (χ1n) is 6.77. The number of nitrogens with zero attached hydrogens (tertiary/aromatic N) is 1. The Bertz CT molecular complexity index is 529. The van der Waals surface area contributed by atoms with Gasteiger partial charge < -0.3 is 15.5 Å². The highest BCUT2D eigenvalue weighted by molar-refractivity contribution is 5.96. The molecule has 0 atom stereocenters. The summed E-state index contributed by atoms with van der Waals surface area (Å²) in [6.07, 6.45) is -4.41. The molecule has 2 rings (SSSR count). The van der Waals surface area contributed by atoms with Gasteiger partial charge in [0.1, 0.15) is 6.54 Å². The van der Waals surface area contributed by atoms with Gasteiger partial charge in [-0.25, -0.2) is 0 Å². The van der Waals surface area contributed by atoms with E-state index in [9.17, 15) is 18.0 Å². The molecule has 0 radical (unpaired) electrons. The Morgan fingerprint density at radius 3 is 2.43 bits per heavy atom. The largest absolute Gasteiger partial charge is 0.406 e. The Kier molecular flexibility index (Phi) is 4.29. The van der Waals surface area contributed by atoms with Crippen LogP contribution in [0.25, 0.3) is 0 Å². The first-order chi connectivity index (χ1) is 9.78. The van der Waals surface area contributed by atoms with E-state index in [4.69, 9.17) is 0 Å². The lowest BCUT2D eigenvalue weighted by Crippen LogP contribution is -2.43. The van der Waals surface area contributed by atoms with Crippen molar-refractivity contribution in [2.45, 2.75) is 26.1 Å². The Morgan fingerprint density at radius 1 is 1.24 bits per heavy atom. The number of carbonyl (C=O) groups is 1. The lowest BCUT2D eigenvalue weighted by Gasteiger charge is -2.28. The number of nitrogens with one attached hydrogen (secondary N) is 2. The summed E-state index contributed by atoms with van der Waals surface area (Å²) in [6.45, 7) is 3.38. The highest BCUT2D eigenvalue weighted by Crippen LogP contribution is 2.27. The monoisotopic (exact) mass is 301 g/mol. The van der Waals surface area contributed by atoms with Crippen LogP contribution < -0.4 is 10.6 Å². The molecular weight excluding hydrogens is 283 g/mol. The van der Waals surface area contributed by atoms with Gasteiger partial charge in [-0.15, -0.1) is 0 Å². The smallest absolute Gasteiger partial charge is 0.382 e. The van der Waals surface area contributed by atoms with E-state index in [1.54, 1.807) is 32.0 Å². The molecule has 0 bridgehead atoms. The molecule has 0 aromatic heterocycles. The van der Waals surface area contributed by atoms with Crippen LogP contribution in [0.15, 0.2) is 18.2 Å². The van der Waals surface area contributed by atoms with Crippen LogP contribution in [0, 0.1) is 0 Å². The predicted octanol–water partition coefficient (Wildman–Crippen LogP) is 2.94. The van der Waals surface area contributed by atoms with E-state index in [0.717, 1.165) is 22.8 Å². The van der Waals surface area contributed by atoms with Crippen LogP contribution in [0.2, 0.25) is 0 Å². The fraction of sp³-hybridized carbons (Fsp3) is 0.500. The van der Waals surface area contributed by atoms with Crippen molar-refractivity contribution >= 4 is 17.3 Å². The fourth-order valence-corrected chi connectivity index (χ4v) is 2.22. The van der Waals surface area contributed by atoms with Crippen LogP contribution in [0.4, 0.5) is 24.5 Å². The summed E-state index contributed by atoms with van der Waals surface area (Å²) in [5.41, 5.74) is 1.84. The lowest BCUT2D eigenvalue weighted by molar-refractivity contribution is -0.143. The number of hydrogen-bond donors (Lipinski definition) is 2. The highest BCUT2D eigenvalue weighted by atomic mass is 19.4. The molecule has 1 aliphatic heterocycles. The average molecular weight is 301 g/mol. The quantitative estimate of drug-likeness (QED) is 0.902. The lowest BCUT2D eigenvalue weighted by atomic mass is 10.1. The summed E-state index contributed by atoms with van der Waals surface area (Å²) in [7, 11) is 0. The van der Waals surface area contributed by atoms with E-state index in [-0.39, 0.29) is 5.56 Å². The summed E-state index contributed by atoms with van der Waals surface area (Å²) in [5.74, 6) is -0.613. The van der Waals surface area contributed by atoms with Gasteiger partial charge in [-0.3, -0.25) is 4.79 Å². The van der Waals surface area contributed by atoms with Gasteiger partial charge in [0.2, 0.25) is 0 Å². The van der Waals surface area contributed by atoms with Crippen molar-refractivity contribution in [3.63, 3.8) is 0 Å². The number of carbonyl (C=O) groups excluding carboxylic acids is 1. The summed E-state index contributed by atoms with van der Waals surface area (Å²) < 4.78 is 37.8. The molecule has 0 saturated heterocycles. The first kappa shape index (κ1) is 15.5. The summed E-state index contributed by atoms with van der Waals surface area (Å²) in [6, 6.07) is 4.32. The molecule has 1 aromatic rings. The molecule has 2 N–H and O–H groups in total. The van der Waals surface area contributed by atoms with Gasteiger partial charge in [0.05, 0.1) is 11.4 Å². The maximum atomic E-state index is 12.6. The van der Waals surface area contributed by atoms with E-state index in [1.807, 2.05) is 0 Å². The molecule has 21 heavy (non-hydrogen) atoms.